The molecule has 1 aliphatic carbocycles. The van der Waals surface area contributed by atoms with Gasteiger partial charge in [0.2, 0.25) is 0 Å². The van der Waals surface area contributed by atoms with Crippen LogP contribution in [0.25, 0.3) is 0 Å². The van der Waals surface area contributed by atoms with Crippen LogP contribution < -0.4 is 5.32 Å². The summed E-state index contributed by atoms with van der Waals surface area (Å²) in [6.07, 6.45) is 5.18. The Labute approximate surface area is 106 Å². The minimum atomic E-state index is 0.364. The Kier molecular flexibility index (Phi) is 3.55. The van der Waals surface area contributed by atoms with Gasteiger partial charge in [-0.15, -0.1) is 10.2 Å². The van der Waals surface area contributed by atoms with Crippen molar-refractivity contribution >= 4 is 28.9 Å². The number of hydrogen-bond acceptors (Lipinski definition) is 3. The van der Waals surface area contributed by atoms with Gasteiger partial charge in [-0.3, -0.25) is 0 Å². The summed E-state index contributed by atoms with van der Waals surface area (Å²) in [4.78, 5) is 0. The van der Waals surface area contributed by atoms with E-state index in [1.807, 2.05) is 0 Å². The molecule has 88 valence electrons. The summed E-state index contributed by atoms with van der Waals surface area (Å²) >= 11 is 11.7. The monoisotopic (exact) mass is 259 g/mol. The van der Waals surface area contributed by atoms with Gasteiger partial charge in [-0.05, 0) is 18.3 Å². The van der Waals surface area contributed by atoms with Crippen LogP contribution in [0, 0.1) is 5.41 Å². The van der Waals surface area contributed by atoms with Gasteiger partial charge >= 0.3 is 0 Å². The maximum absolute atomic E-state index is 5.93. The highest BCUT2D eigenvalue weighted by molar-refractivity contribution is 6.33. The molecule has 0 aliphatic heterocycles. The Morgan fingerprint density at radius 3 is 2.69 bits per heavy atom. The summed E-state index contributed by atoms with van der Waals surface area (Å²) in [5.74, 6) is 0. The number of aromatic nitrogens is 2. The van der Waals surface area contributed by atoms with Crippen molar-refractivity contribution in [2.24, 2.45) is 5.41 Å². The molecular weight excluding hydrogens is 245 g/mol. The van der Waals surface area contributed by atoms with Crippen LogP contribution in [0.2, 0.25) is 10.3 Å². The zero-order valence-electron chi connectivity index (χ0n) is 9.26. The molecule has 0 unspecified atom stereocenters. The van der Waals surface area contributed by atoms with E-state index in [0.29, 0.717) is 15.7 Å². The average Bonchev–Trinajstić information content (AvgIpc) is 2.67. The van der Waals surface area contributed by atoms with Crippen LogP contribution in [0.3, 0.4) is 0 Å². The number of hydrogen-bond donors (Lipinski definition) is 1. The van der Waals surface area contributed by atoms with E-state index >= 15 is 0 Å². The molecule has 1 aliphatic rings. The zero-order valence-corrected chi connectivity index (χ0v) is 10.8. The minimum Gasteiger partial charge on any atom is -0.382 e. The molecule has 5 heteroatoms. The van der Waals surface area contributed by atoms with Crippen LogP contribution in [0.5, 0.6) is 0 Å². The molecule has 16 heavy (non-hydrogen) atoms. The highest BCUT2D eigenvalue weighted by Crippen LogP contribution is 2.37. The molecule has 0 aromatic carbocycles. The maximum Gasteiger partial charge on any atom is 0.174 e. The third kappa shape index (κ3) is 2.77. The molecule has 2 rings (SSSR count). The lowest BCUT2D eigenvalue weighted by Gasteiger charge is -2.24. The Bertz CT molecular complexity index is 375. The van der Waals surface area contributed by atoms with E-state index in [2.05, 4.69) is 22.4 Å². The second-order valence-corrected chi connectivity index (χ2v) is 5.49. The van der Waals surface area contributed by atoms with E-state index in [1.54, 1.807) is 6.07 Å². The van der Waals surface area contributed by atoms with E-state index < -0.39 is 0 Å². The van der Waals surface area contributed by atoms with E-state index in [9.17, 15) is 0 Å². The fourth-order valence-electron chi connectivity index (χ4n) is 2.19. The number of rotatable bonds is 3. The van der Waals surface area contributed by atoms with Crippen LogP contribution >= 0.6 is 23.2 Å². The lowest BCUT2D eigenvalue weighted by Crippen LogP contribution is -2.23. The Hall–Kier alpha value is -0.540. The normalized spacial score (nSPS) is 18.7. The summed E-state index contributed by atoms with van der Waals surface area (Å²) in [6.45, 7) is 3.21. The van der Waals surface area contributed by atoms with Gasteiger partial charge in [-0.2, -0.15) is 0 Å². The van der Waals surface area contributed by atoms with E-state index in [1.165, 1.54) is 25.7 Å². The predicted molar refractivity (Wildman–Crippen MR) is 67.1 cm³/mol. The fourth-order valence-corrected chi connectivity index (χ4v) is 2.50. The molecule has 3 nitrogen and oxygen atoms in total. The Balaban J connectivity index is 2.01. The van der Waals surface area contributed by atoms with Gasteiger partial charge in [0.1, 0.15) is 0 Å². The van der Waals surface area contributed by atoms with Gasteiger partial charge in [0, 0.05) is 12.6 Å². The van der Waals surface area contributed by atoms with Gasteiger partial charge in [0.25, 0.3) is 0 Å². The Morgan fingerprint density at radius 2 is 2.00 bits per heavy atom. The molecular formula is C11H15Cl2N3. The van der Waals surface area contributed by atoms with Gasteiger partial charge < -0.3 is 5.32 Å². The lowest BCUT2D eigenvalue weighted by molar-refractivity contribution is 0.362. The van der Waals surface area contributed by atoms with Gasteiger partial charge in [-0.25, -0.2) is 0 Å². The second-order valence-electron chi connectivity index (χ2n) is 4.74. The van der Waals surface area contributed by atoms with Crippen molar-refractivity contribution < 1.29 is 0 Å². The van der Waals surface area contributed by atoms with Crippen molar-refractivity contribution in [1.29, 1.82) is 0 Å². The maximum atomic E-state index is 5.93. The molecule has 0 amide bonds. The van der Waals surface area contributed by atoms with Crippen LogP contribution in [0.4, 0.5) is 5.69 Å². The van der Waals surface area contributed by atoms with Crippen molar-refractivity contribution in [1.82, 2.24) is 10.2 Å². The third-order valence-corrected chi connectivity index (χ3v) is 3.70. The SMILES string of the molecule is CC1(CNc2cc(Cl)nnc2Cl)CCCC1. The first kappa shape index (κ1) is 11.9. The van der Waals surface area contributed by atoms with Crippen LogP contribution in [-0.4, -0.2) is 16.7 Å². The molecule has 0 saturated heterocycles. The minimum absolute atomic E-state index is 0.364. The number of anilines is 1. The molecule has 1 saturated carbocycles. The highest BCUT2D eigenvalue weighted by atomic mass is 35.5. The van der Waals surface area contributed by atoms with Crippen molar-refractivity contribution in [3.8, 4) is 0 Å². The van der Waals surface area contributed by atoms with Crippen molar-refractivity contribution in [2.75, 3.05) is 11.9 Å². The molecule has 1 heterocycles. The molecule has 1 N–H and O–H groups in total. The first-order chi connectivity index (χ1) is 7.59. The van der Waals surface area contributed by atoms with Crippen molar-refractivity contribution in [2.45, 2.75) is 32.6 Å². The van der Waals surface area contributed by atoms with Crippen LogP contribution in [-0.2, 0) is 0 Å². The largest absolute Gasteiger partial charge is 0.382 e. The summed E-state index contributed by atoms with van der Waals surface area (Å²) in [7, 11) is 0. The summed E-state index contributed by atoms with van der Waals surface area (Å²) in [5, 5.41) is 11.5. The first-order valence-electron chi connectivity index (χ1n) is 5.52. The van der Waals surface area contributed by atoms with Gasteiger partial charge in [-0.1, -0.05) is 43.0 Å². The average molecular weight is 260 g/mol. The number of halogens is 2. The third-order valence-electron chi connectivity index (χ3n) is 3.24. The predicted octanol–water partition coefficient (Wildman–Crippen LogP) is 3.78. The smallest absolute Gasteiger partial charge is 0.174 e. The number of nitrogens with zero attached hydrogens (tertiary/aromatic N) is 2. The van der Waals surface area contributed by atoms with E-state index in [-0.39, 0.29) is 0 Å². The topological polar surface area (TPSA) is 37.8 Å². The summed E-state index contributed by atoms with van der Waals surface area (Å²) in [5.41, 5.74) is 1.15. The number of nitrogens with one attached hydrogen (secondary N) is 1. The Morgan fingerprint density at radius 1 is 1.31 bits per heavy atom. The lowest BCUT2D eigenvalue weighted by atomic mass is 9.89. The van der Waals surface area contributed by atoms with Gasteiger partial charge in [0.05, 0.1) is 5.69 Å². The van der Waals surface area contributed by atoms with Crippen LogP contribution in [0.15, 0.2) is 6.07 Å². The molecule has 0 bridgehead atoms. The van der Waals surface area contributed by atoms with Crippen molar-refractivity contribution in [3.05, 3.63) is 16.4 Å². The molecule has 1 aromatic heterocycles. The molecule has 1 aromatic rings. The molecule has 0 atom stereocenters. The quantitative estimate of drug-likeness (QED) is 0.898. The summed E-state index contributed by atoms with van der Waals surface area (Å²) < 4.78 is 0. The standard InChI is InChI=1S/C11H15Cl2N3/c1-11(4-2-3-5-11)7-14-8-6-9(12)15-16-10(8)13/h6H,2-5,7H2,1H3,(H,14,15). The molecule has 1 fully saturated rings. The highest BCUT2D eigenvalue weighted by Gasteiger charge is 2.28. The first-order valence-corrected chi connectivity index (χ1v) is 6.27. The fraction of sp³-hybridized carbons (Fsp3) is 0.636. The van der Waals surface area contributed by atoms with Crippen LogP contribution in [0.1, 0.15) is 32.6 Å². The van der Waals surface area contributed by atoms with Crippen molar-refractivity contribution in [3.63, 3.8) is 0 Å². The molecule has 0 radical (unpaired) electrons. The molecule has 0 spiro atoms. The zero-order chi connectivity index (χ0) is 11.6. The van der Waals surface area contributed by atoms with E-state index in [0.717, 1.165) is 12.2 Å². The van der Waals surface area contributed by atoms with Gasteiger partial charge in [0.15, 0.2) is 10.3 Å². The van der Waals surface area contributed by atoms with E-state index in [4.69, 9.17) is 23.2 Å². The second kappa shape index (κ2) is 4.76. The summed E-state index contributed by atoms with van der Waals surface area (Å²) in [6, 6.07) is 1.72.